The van der Waals surface area contributed by atoms with Gasteiger partial charge in [0, 0.05) is 17.1 Å². The fraction of sp³-hybridized carbons (Fsp3) is 0.333. The first-order valence-electron chi connectivity index (χ1n) is 1.56. The first kappa shape index (κ1) is 15.8. The third-order valence-electron chi connectivity index (χ3n) is 0.302. The molecule has 0 heterocycles. The van der Waals surface area contributed by atoms with Gasteiger partial charge >= 0.3 is 11.9 Å². The van der Waals surface area contributed by atoms with Crippen molar-refractivity contribution in [2.45, 2.75) is 6.42 Å². The number of carboxylic acid groups (broad SMARTS) is 2. The zero-order valence-corrected chi connectivity index (χ0v) is 5.16. The van der Waals surface area contributed by atoms with E-state index in [-0.39, 0.29) is 22.5 Å². The van der Waals surface area contributed by atoms with Crippen LogP contribution in [0, 0.1) is 0 Å². The normalized spacial score (nSPS) is 6.22. The van der Waals surface area contributed by atoms with E-state index in [4.69, 9.17) is 10.2 Å². The summed E-state index contributed by atoms with van der Waals surface area (Å²) in [5.41, 5.74) is 0. The largest absolute Gasteiger partial charge is 0.481 e. The molecule has 0 atom stereocenters. The first-order chi connectivity index (χ1) is 3.13. The monoisotopic (exact) mass is 185 g/mol. The summed E-state index contributed by atoms with van der Waals surface area (Å²) in [6.07, 6.45) is -0.806. The topological polar surface area (TPSA) is 106 Å². The number of aliphatic carboxylic acids is 2. The van der Waals surface area contributed by atoms with Gasteiger partial charge in [-0.15, -0.1) is 0 Å². The molecule has 0 spiro atoms. The number of hydrogen-bond donors (Lipinski definition) is 2. The summed E-state index contributed by atoms with van der Waals surface area (Å²) in [5.74, 6) is -2.62. The summed E-state index contributed by atoms with van der Waals surface area (Å²) in [7, 11) is 0. The van der Waals surface area contributed by atoms with Gasteiger partial charge in [-0.05, 0) is 0 Å². The Morgan fingerprint density at radius 3 is 1.33 bits per heavy atom. The molecule has 59 valence electrons. The molecule has 0 aliphatic carbocycles. The molecule has 0 unspecified atom stereocenters. The van der Waals surface area contributed by atoms with Crippen LogP contribution in [0.2, 0.25) is 0 Å². The van der Waals surface area contributed by atoms with Gasteiger partial charge in [0.1, 0.15) is 6.42 Å². The van der Waals surface area contributed by atoms with Crippen LogP contribution in [0.5, 0.6) is 0 Å². The second-order valence-electron chi connectivity index (χ2n) is 0.964. The van der Waals surface area contributed by atoms with E-state index in [0.717, 1.165) is 0 Å². The van der Waals surface area contributed by atoms with Gasteiger partial charge in [-0.2, -0.15) is 0 Å². The Bertz CT molecular complexity index is 88.4. The second kappa shape index (κ2) is 7.42. The molecule has 5 nitrogen and oxygen atoms in total. The molecular formula is C3H6CuO5. The van der Waals surface area contributed by atoms with E-state index in [2.05, 4.69) is 0 Å². The zero-order valence-electron chi connectivity index (χ0n) is 4.22. The van der Waals surface area contributed by atoms with E-state index in [1.807, 2.05) is 0 Å². The van der Waals surface area contributed by atoms with Crippen LogP contribution in [0.15, 0.2) is 0 Å². The minimum absolute atomic E-state index is 0. The van der Waals surface area contributed by atoms with Gasteiger partial charge in [-0.3, -0.25) is 9.59 Å². The summed E-state index contributed by atoms with van der Waals surface area (Å²) in [6, 6.07) is 0. The molecule has 4 N–H and O–H groups in total. The van der Waals surface area contributed by atoms with Gasteiger partial charge in [0.15, 0.2) is 0 Å². The Morgan fingerprint density at radius 2 is 1.33 bits per heavy atom. The number of rotatable bonds is 2. The smallest absolute Gasteiger partial charge is 0.314 e. The van der Waals surface area contributed by atoms with Crippen molar-refractivity contribution in [2.24, 2.45) is 0 Å². The third-order valence-corrected chi connectivity index (χ3v) is 0.302. The molecule has 0 aliphatic heterocycles. The van der Waals surface area contributed by atoms with E-state index < -0.39 is 18.4 Å². The minimum Gasteiger partial charge on any atom is -0.481 e. The van der Waals surface area contributed by atoms with Crippen LogP contribution < -0.4 is 0 Å². The average Bonchev–Trinajstić information content (AvgIpc) is 1.27. The van der Waals surface area contributed by atoms with E-state index in [0.29, 0.717) is 0 Å². The van der Waals surface area contributed by atoms with E-state index in [1.54, 1.807) is 0 Å². The average molecular weight is 186 g/mol. The standard InChI is InChI=1S/C3H4O4.Cu.H2O/c4-2(5)1-3(6)7;;/h1H2,(H,4,5)(H,6,7);;1H2. The van der Waals surface area contributed by atoms with Crippen molar-refractivity contribution in [2.75, 3.05) is 0 Å². The molecule has 0 amide bonds. The van der Waals surface area contributed by atoms with Crippen molar-refractivity contribution in [1.29, 1.82) is 0 Å². The Balaban J connectivity index is -0.000000180. The zero-order chi connectivity index (χ0) is 5.86. The van der Waals surface area contributed by atoms with E-state index >= 15 is 0 Å². The van der Waals surface area contributed by atoms with Crippen LogP contribution in [-0.2, 0) is 26.7 Å². The molecular weight excluding hydrogens is 180 g/mol. The van der Waals surface area contributed by atoms with Crippen molar-refractivity contribution < 1.29 is 42.3 Å². The van der Waals surface area contributed by atoms with Gasteiger partial charge in [-0.1, -0.05) is 0 Å². The first-order valence-corrected chi connectivity index (χ1v) is 1.56. The summed E-state index contributed by atoms with van der Waals surface area (Å²) in [6.45, 7) is 0. The van der Waals surface area contributed by atoms with Gasteiger partial charge in [-0.25, -0.2) is 0 Å². The predicted molar refractivity (Wildman–Crippen MR) is 23.5 cm³/mol. The maximum atomic E-state index is 9.43. The predicted octanol–water partition coefficient (Wildman–Crippen LogP) is -1.28. The van der Waals surface area contributed by atoms with Crippen LogP contribution in [0.3, 0.4) is 0 Å². The number of carboxylic acids is 2. The SMILES string of the molecule is O.O=C(O)CC(=O)O.[Cu]. The molecule has 0 aromatic heterocycles. The van der Waals surface area contributed by atoms with Crippen molar-refractivity contribution in [3.05, 3.63) is 0 Å². The summed E-state index contributed by atoms with van der Waals surface area (Å²) in [4.78, 5) is 18.9. The fourth-order valence-corrected chi connectivity index (χ4v) is 0.129. The number of hydrogen-bond acceptors (Lipinski definition) is 2. The Kier molecular flexibility index (Phi) is 13.0. The van der Waals surface area contributed by atoms with Gasteiger partial charge < -0.3 is 15.7 Å². The van der Waals surface area contributed by atoms with Crippen LogP contribution in [-0.4, -0.2) is 27.6 Å². The van der Waals surface area contributed by atoms with Gasteiger partial charge in [0.25, 0.3) is 0 Å². The van der Waals surface area contributed by atoms with Gasteiger partial charge in [0.2, 0.25) is 0 Å². The van der Waals surface area contributed by atoms with Crippen LogP contribution in [0.4, 0.5) is 0 Å². The van der Waals surface area contributed by atoms with Gasteiger partial charge in [0.05, 0.1) is 0 Å². The molecule has 9 heavy (non-hydrogen) atoms. The van der Waals surface area contributed by atoms with Crippen molar-refractivity contribution >= 4 is 11.9 Å². The molecule has 0 saturated heterocycles. The maximum Gasteiger partial charge on any atom is 0.314 e. The van der Waals surface area contributed by atoms with Crippen LogP contribution in [0.1, 0.15) is 6.42 Å². The van der Waals surface area contributed by atoms with E-state index in [1.165, 1.54) is 0 Å². The molecule has 0 aliphatic rings. The molecule has 0 rings (SSSR count). The van der Waals surface area contributed by atoms with Crippen molar-refractivity contribution in [3.8, 4) is 0 Å². The third kappa shape index (κ3) is 18.6. The molecule has 0 saturated carbocycles. The molecule has 6 heteroatoms. The summed E-state index contributed by atoms with van der Waals surface area (Å²) < 4.78 is 0. The Labute approximate surface area is 61.5 Å². The summed E-state index contributed by atoms with van der Waals surface area (Å²) >= 11 is 0. The summed E-state index contributed by atoms with van der Waals surface area (Å²) in [5, 5.41) is 15.4. The molecule has 0 aromatic carbocycles. The van der Waals surface area contributed by atoms with Crippen LogP contribution >= 0.6 is 0 Å². The molecule has 0 fully saturated rings. The molecule has 0 bridgehead atoms. The number of carbonyl (C=O) groups is 2. The van der Waals surface area contributed by atoms with Crippen molar-refractivity contribution in [1.82, 2.24) is 0 Å². The Hall–Kier alpha value is -0.581. The minimum atomic E-state index is -1.31. The fourth-order valence-electron chi connectivity index (χ4n) is 0.129. The quantitative estimate of drug-likeness (QED) is 0.413. The molecule has 1 radical (unpaired) electrons. The van der Waals surface area contributed by atoms with Crippen LogP contribution in [0.25, 0.3) is 0 Å². The Morgan fingerprint density at radius 1 is 1.11 bits per heavy atom. The van der Waals surface area contributed by atoms with E-state index in [9.17, 15) is 9.59 Å². The molecule has 0 aromatic rings. The second-order valence-corrected chi connectivity index (χ2v) is 0.964. The maximum absolute atomic E-state index is 9.43. The van der Waals surface area contributed by atoms with Crippen molar-refractivity contribution in [3.63, 3.8) is 0 Å².